The van der Waals surface area contributed by atoms with Crippen LogP contribution >= 0.6 is 23.2 Å². The molecule has 0 aromatic heterocycles. The van der Waals surface area contributed by atoms with Crippen molar-refractivity contribution in [2.24, 2.45) is 0 Å². The van der Waals surface area contributed by atoms with Crippen LogP contribution in [0.4, 0.5) is 0 Å². The van der Waals surface area contributed by atoms with Gasteiger partial charge in [-0.3, -0.25) is 4.79 Å². The van der Waals surface area contributed by atoms with Crippen molar-refractivity contribution in [3.63, 3.8) is 0 Å². The number of hydrogen-bond donors (Lipinski definition) is 0. The van der Waals surface area contributed by atoms with Gasteiger partial charge >= 0.3 is 0 Å². The maximum atomic E-state index is 14.0. The van der Waals surface area contributed by atoms with Crippen molar-refractivity contribution in [2.45, 2.75) is 37.5 Å². The van der Waals surface area contributed by atoms with Crippen LogP contribution in [0.3, 0.4) is 0 Å². The largest absolute Gasteiger partial charge is 0.493 e. The monoisotopic (exact) mass is 598 g/mol. The number of ether oxygens (including phenoxy) is 4. The summed E-state index contributed by atoms with van der Waals surface area (Å²) < 4.78 is 22.9. The second kappa shape index (κ2) is 13.3. The van der Waals surface area contributed by atoms with E-state index in [1.165, 1.54) is 26.9 Å². The first-order valence-corrected chi connectivity index (χ1v) is 14.7. The zero-order chi connectivity index (χ0) is 28.9. The minimum absolute atomic E-state index is 0.132. The van der Waals surface area contributed by atoms with Crippen LogP contribution in [0, 0.1) is 0 Å². The van der Waals surface area contributed by atoms with Crippen molar-refractivity contribution in [1.29, 1.82) is 0 Å². The van der Waals surface area contributed by atoms with Crippen molar-refractivity contribution < 1.29 is 23.7 Å². The number of benzene rings is 3. The molecular weight excluding hydrogens is 563 g/mol. The molecule has 2 fully saturated rings. The van der Waals surface area contributed by atoms with Crippen LogP contribution in [0.25, 0.3) is 0 Å². The third-order valence-corrected chi connectivity index (χ3v) is 8.77. The number of carbonyl (C=O) groups is 1. The molecule has 0 radical (unpaired) electrons. The van der Waals surface area contributed by atoms with Crippen LogP contribution in [0.1, 0.15) is 52.9 Å². The predicted molar refractivity (Wildman–Crippen MR) is 161 cm³/mol. The van der Waals surface area contributed by atoms with Gasteiger partial charge in [0.25, 0.3) is 5.91 Å². The van der Waals surface area contributed by atoms with E-state index in [-0.39, 0.29) is 12.0 Å². The second-order valence-electron chi connectivity index (χ2n) is 10.5. The van der Waals surface area contributed by atoms with Crippen molar-refractivity contribution in [1.82, 2.24) is 9.80 Å². The number of halogens is 2. The van der Waals surface area contributed by atoms with Gasteiger partial charge in [-0.05, 0) is 68.1 Å². The Morgan fingerprint density at radius 3 is 2.17 bits per heavy atom. The summed E-state index contributed by atoms with van der Waals surface area (Å²) in [6.07, 6.45) is 2.37. The molecule has 1 unspecified atom stereocenters. The molecule has 0 bridgehead atoms. The van der Waals surface area contributed by atoms with Gasteiger partial charge in [-0.25, -0.2) is 0 Å². The average Bonchev–Trinajstić information content (AvgIpc) is 3.45. The van der Waals surface area contributed by atoms with Crippen molar-refractivity contribution in [2.75, 3.05) is 47.5 Å². The fourth-order valence-corrected chi connectivity index (χ4v) is 6.11. The van der Waals surface area contributed by atoms with Gasteiger partial charge in [-0.1, -0.05) is 59.6 Å². The highest BCUT2D eigenvalue weighted by Crippen LogP contribution is 2.41. The van der Waals surface area contributed by atoms with E-state index in [4.69, 9.17) is 42.1 Å². The van der Waals surface area contributed by atoms with E-state index < -0.39 is 6.23 Å². The highest BCUT2D eigenvalue weighted by atomic mass is 35.5. The normalized spacial score (nSPS) is 19.8. The van der Waals surface area contributed by atoms with Gasteiger partial charge in [-0.2, -0.15) is 0 Å². The molecule has 0 N–H and O–H groups in total. The van der Waals surface area contributed by atoms with Gasteiger partial charge in [0.2, 0.25) is 5.75 Å². The van der Waals surface area contributed by atoms with Crippen molar-refractivity contribution in [3.05, 3.63) is 87.4 Å². The fourth-order valence-electron chi connectivity index (χ4n) is 5.80. The quantitative estimate of drug-likeness (QED) is 0.269. The van der Waals surface area contributed by atoms with Crippen molar-refractivity contribution >= 4 is 29.1 Å². The Kier molecular flexibility index (Phi) is 9.60. The summed E-state index contributed by atoms with van der Waals surface area (Å²) in [5, 5.41) is 0.865. The molecule has 218 valence electrons. The molecule has 2 aliphatic heterocycles. The van der Waals surface area contributed by atoms with Crippen LogP contribution in [-0.2, 0) is 4.74 Å². The summed E-state index contributed by atoms with van der Waals surface area (Å²) in [4.78, 5) is 18.2. The molecule has 5 rings (SSSR count). The Hall–Kier alpha value is -2.97. The number of nitrogens with zero attached hydrogens (tertiary/aromatic N) is 2. The summed E-state index contributed by atoms with van der Waals surface area (Å²) in [5.74, 6) is 1.67. The number of hydrogen-bond acceptors (Lipinski definition) is 6. The molecule has 0 spiro atoms. The lowest BCUT2D eigenvalue weighted by molar-refractivity contribution is -0.00373. The molecule has 9 heteroatoms. The van der Waals surface area contributed by atoms with Gasteiger partial charge in [0.05, 0.1) is 44.0 Å². The van der Waals surface area contributed by atoms with Crippen LogP contribution in [0.5, 0.6) is 17.2 Å². The summed E-state index contributed by atoms with van der Waals surface area (Å²) in [7, 11) is 4.59. The zero-order valence-electron chi connectivity index (χ0n) is 23.6. The summed E-state index contributed by atoms with van der Waals surface area (Å²) in [6.45, 7) is 3.46. The molecule has 3 aromatic carbocycles. The number of methoxy groups -OCH3 is 3. The molecule has 2 aliphatic rings. The lowest BCUT2D eigenvalue weighted by atomic mass is 9.89. The molecule has 7 nitrogen and oxygen atoms in total. The van der Waals surface area contributed by atoms with E-state index in [1.54, 1.807) is 29.2 Å². The Labute approximate surface area is 251 Å². The Balaban J connectivity index is 1.31. The minimum Gasteiger partial charge on any atom is -0.493 e. The van der Waals surface area contributed by atoms with E-state index in [9.17, 15) is 4.79 Å². The summed E-state index contributed by atoms with van der Waals surface area (Å²) in [6, 6.07) is 19.5. The zero-order valence-corrected chi connectivity index (χ0v) is 25.2. The molecule has 1 amide bonds. The average molecular weight is 600 g/mol. The number of carbonyl (C=O) groups excluding carboxylic acids is 1. The smallest absolute Gasteiger partial charge is 0.256 e. The standard InChI is InChI=1S/C32H36Cl2N2O5/c1-38-28-18-24(19-29(39-2)30(28)40-3)31(37)36-20-25(41-32(36)23-9-10-26(33)27(34)17-23)13-16-35-14-11-22(12-15-35)21-7-5-4-6-8-21/h4-10,17-19,22,25,32H,11-16,20H2,1-3H3/t25-,32?/m1/s1. The highest BCUT2D eigenvalue weighted by molar-refractivity contribution is 6.42. The van der Waals surface area contributed by atoms with Crippen molar-refractivity contribution in [3.8, 4) is 17.2 Å². The Morgan fingerprint density at radius 1 is 0.878 bits per heavy atom. The first-order chi connectivity index (χ1) is 19.9. The van der Waals surface area contributed by atoms with Gasteiger partial charge in [0, 0.05) is 17.7 Å². The Morgan fingerprint density at radius 2 is 1.56 bits per heavy atom. The molecule has 3 aromatic rings. The molecule has 2 heterocycles. The molecule has 41 heavy (non-hydrogen) atoms. The highest BCUT2D eigenvalue weighted by Gasteiger charge is 2.38. The number of amides is 1. The third kappa shape index (κ3) is 6.59. The number of likely N-dealkylation sites (tertiary alicyclic amines) is 1. The third-order valence-electron chi connectivity index (χ3n) is 8.03. The predicted octanol–water partition coefficient (Wildman–Crippen LogP) is 6.83. The number of piperidine rings is 1. The van der Waals surface area contributed by atoms with E-state index in [1.807, 2.05) is 6.07 Å². The summed E-state index contributed by atoms with van der Waals surface area (Å²) in [5.41, 5.74) is 2.61. The molecule has 0 aliphatic carbocycles. The maximum Gasteiger partial charge on any atom is 0.256 e. The van der Waals surface area contributed by atoms with Gasteiger partial charge < -0.3 is 28.7 Å². The lowest BCUT2D eigenvalue weighted by Gasteiger charge is -2.32. The van der Waals surface area contributed by atoms with Gasteiger partial charge in [0.1, 0.15) is 0 Å². The topological polar surface area (TPSA) is 60.5 Å². The lowest BCUT2D eigenvalue weighted by Crippen LogP contribution is -2.36. The Bertz CT molecular complexity index is 1320. The van der Waals surface area contributed by atoms with Crippen LogP contribution in [0.2, 0.25) is 10.0 Å². The van der Waals surface area contributed by atoms with Crippen LogP contribution in [0.15, 0.2) is 60.7 Å². The van der Waals surface area contributed by atoms with E-state index in [0.717, 1.165) is 44.5 Å². The number of rotatable bonds is 9. The van der Waals surface area contributed by atoms with E-state index in [2.05, 4.69) is 35.2 Å². The maximum absolute atomic E-state index is 14.0. The first kappa shape index (κ1) is 29.5. The van der Waals surface area contributed by atoms with Crippen LogP contribution in [-0.4, -0.2) is 69.3 Å². The summed E-state index contributed by atoms with van der Waals surface area (Å²) >= 11 is 12.6. The van der Waals surface area contributed by atoms with Crippen LogP contribution < -0.4 is 14.2 Å². The molecule has 2 atom stereocenters. The fraction of sp³-hybridized carbons (Fsp3) is 0.406. The van der Waals surface area contributed by atoms with Gasteiger partial charge in [-0.15, -0.1) is 0 Å². The molecule has 0 saturated carbocycles. The van der Waals surface area contributed by atoms with E-state index in [0.29, 0.717) is 45.3 Å². The molecular formula is C32H36Cl2N2O5. The SMILES string of the molecule is COc1cc(C(=O)N2C[C@@H](CCN3CCC(c4ccccc4)CC3)OC2c2ccc(Cl)c(Cl)c2)cc(OC)c1OC. The van der Waals surface area contributed by atoms with Gasteiger partial charge in [0.15, 0.2) is 17.7 Å². The first-order valence-electron chi connectivity index (χ1n) is 13.9. The van der Waals surface area contributed by atoms with E-state index >= 15 is 0 Å². The second-order valence-corrected chi connectivity index (χ2v) is 11.3. The minimum atomic E-state index is -0.606. The molecule has 2 saturated heterocycles.